The zero-order chi connectivity index (χ0) is 29.4. The van der Waals surface area contributed by atoms with E-state index in [9.17, 15) is 18.0 Å². The van der Waals surface area contributed by atoms with Crippen LogP contribution in [0.25, 0.3) is 0 Å². The molecule has 0 saturated heterocycles. The molecule has 1 unspecified atom stereocenters. The van der Waals surface area contributed by atoms with Crippen LogP contribution < -0.4 is 5.73 Å². The van der Waals surface area contributed by atoms with Crippen molar-refractivity contribution in [1.82, 2.24) is 0 Å². The lowest BCUT2D eigenvalue weighted by Crippen LogP contribution is -2.51. The average Bonchev–Trinajstić information content (AvgIpc) is 2.93. The van der Waals surface area contributed by atoms with Gasteiger partial charge < -0.3 is 5.73 Å². The molecule has 0 aliphatic carbocycles. The van der Waals surface area contributed by atoms with Gasteiger partial charge in [-0.25, -0.2) is 8.42 Å². The lowest BCUT2D eigenvalue weighted by Gasteiger charge is -2.28. The molecule has 40 heavy (non-hydrogen) atoms. The number of Topliss-reactive ketones (excluding diaryl/α,β-unsaturated/α-hetero) is 2. The van der Waals surface area contributed by atoms with Gasteiger partial charge in [0.15, 0.2) is 5.78 Å². The molecule has 222 valence electrons. The fraction of sp³-hybridized carbons (Fsp3) is 0.576. The summed E-state index contributed by atoms with van der Waals surface area (Å²) < 4.78 is 25.0. The Bertz CT molecular complexity index is 1130. The number of alkyl halides is 1. The molecule has 0 aliphatic rings. The summed E-state index contributed by atoms with van der Waals surface area (Å²) in [6, 6.07) is 14.1. The molecule has 0 radical (unpaired) electrons. The fourth-order valence-corrected chi connectivity index (χ4v) is 7.15. The van der Waals surface area contributed by atoms with Crippen molar-refractivity contribution in [2.75, 3.05) is 0 Å². The van der Waals surface area contributed by atoms with Crippen LogP contribution in [0.4, 0.5) is 0 Å². The molecular formula is C33H48ClNO4S. The van der Waals surface area contributed by atoms with Gasteiger partial charge in [-0.2, -0.15) is 0 Å². The van der Waals surface area contributed by atoms with Crippen LogP contribution in [0.5, 0.6) is 0 Å². The minimum Gasteiger partial charge on any atom is -0.321 e. The van der Waals surface area contributed by atoms with Gasteiger partial charge in [-0.15, -0.1) is 0 Å². The highest BCUT2D eigenvalue weighted by Gasteiger charge is 2.52. The van der Waals surface area contributed by atoms with Crippen molar-refractivity contribution >= 4 is 33.0 Å². The van der Waals surface area contributed by atoms with Crippen molar-refractivity contribution in [2.45, 2.75) is 125 Å². The van der Waals surface area contributed by atoms with Crippen molar-refractivity contribution in [3.05, 3.63) is 65.7 Å². The number of sulfone groups is 1. The maximum atomic E-state index is 13.7. The molecule has 2 atom stereocenters. The summed E-state index contributed by atoms with van der Waals surface area (Å²) >= 11 is 6.72. The third kappa shape index (κ3) is 10.8. The van der Waals surface area contributed by atoms with E-state index in [0.29, 0.717) is 6.42 Å². The van der Waals surface area contributed by atoms with E-state index in [2.05, 4.69) is 6.92 Å². The number of hydrogen-bond acceptors (Lipinski definition) is 5. The highest BCUT2D eigenvalue weighted by atomic mass is 35.5. The first-order chi connectivity index (χ1) is 19.1. The van der Waals surface area contributed by atoms with E-state index in [1.807, 2.05) is 37.3 Å². The summed E-state index contributed by atoms with van der Waals surface area (Å²) in [4.78, 5) is 26.5. The highest BCUT2D eigenvalue weighted by molar-refractivity contribution is 7.95. The molecule has 0 heterocycles. The van der Waals surface area contributed by atoms with Crippen LogP contribution >= 0.6 is 11.6 Å². The highest BCUT2D eigenvalue weighted by Crippen LogP contribution is 2.36. The molecule has 5 nitrogen and oxygen atoms in total. The standard InChI is InChI=1S/C33H48ClNO4S/c1-3-4-5-6-7-8-9-10-11-12-13-17-20-29(36)26-33(34,40(38,39)30-23-21-27(2)22-24-30)32(37)31(35)25-28-18-15-14-16-19-28/h14-16,18-19,21-24,31H,3-13,17,20,25-26,35H2,1-2H3/t31-,33?/m0/s1. The van der Waals surface area contributed by atoms with Crippen molar-refractivity contribution in [1.29, 1.82) is 0 Å². The molecule has 0 bridgehead atoms. The van der Waals surface area contributed by atoms with Gasteiger partial charge in [0.1, 0.15) is 5.78 Å². The largest absolute Gasteiger partial charge is 0.321 e. The Morgan fingerprint density at radius 3 is 1.82 bits per heavy atom. The lowest BCUT2D eigenvalue weighted by atomic mass is 9.97. The van der Waals surface area contributed by atoms with E-state index in [4.69, 9.17) is 17.3 Å². The number of nitrogens with two attached hydrogens (primary N) is 1. The average molecular weight is 590 g/mol. The van der Waals surface area contributed by atoms with E-state index >= 15 is 0 Å². The van der Waals surface area contributed by atoms with Gasteiger partial charge in [-0.1, -0.05) is 137 Å². The molecule has 0 fully saturated rings. The van der Waals surface area contributed by atoms with Gasteiger partial charge in [0.2, 0.25) is 14.0 Å². The zero-order valence-corrected chi connectivity index (χ0v) is 25.9. The van der Waals surface area contributed by atoms with Crippen LogP contribution in [0.15, 0.2) is 59.5 Å². The molecule has 0 amide bonds. The predicted octanol–water partition coefficient (Wildman–Crippen LogP) is 7.89. The summed E-state index contributed by atoms with van der Waals surface area (Å²) in [5.41, 5.74) is 7.88. The smallest absolute Gasteiger partial charge is 0.216 e. The second-order valence-corrected chi connectivity index (χ2v) is 14.1. The Balaban J connectivity index is 1.96. The SMILES string of the molecule is CCCCCCCCCCCCCCC(=O)CC(Cl)(C(=O)[C@@H](N)Cc1ccccc1)S(=O)(=O)c1ccc(C)cc1. The van der Waals surface area contributed by atoms with Crippen LogP contribution in [0, 0.1) is 6.92 Å². The number of rotatable bonds is 21. The van der Waals surface area contributed by atoms with Gasteiger partial charge in [-0.05, 0) is 37.5 Å². The minimum absolute atomic E-state index is 0.0912. The maximum Gasteiger partial charge on any atom is 0.216 e. The molecule has 0 aliphatic heterocycles. The Kier molecular flexibility index (Phi) is 15.1. The van der Waals surface area contributed by atoms with Crippen molar-refractivity contribution in [3.63, 3.8) is 0 Å². The number of unbranched alkanes of at least 4 members (excludes halogenated alkanes) is 11. The maximum absolute atomic E-state index is 13.7. The van der Waals surface area contributed by atoms with E-state index in [1.165, 1.54) is 63.5 Å². The molecule has 7 heteroatoms. The Morgan fingerprint density at radius 2 is 1.30 bits per heavy atom. The molecule has 2 N–H and O–H groups in total. The monoisotopic (exact) mass is 589 g/mol. The normalized spacial score (nSPS) is 14.0. The Hall–Kier alpha value is -2.02. The molecule has 2 aromatic rings. The summed E-state index contributed by atoms with van der Waals surface area (Å²) in [6.07, 6.45) is 13.8. The summed E-state index contributed by atoms with van der Waals surface area (Å²) in [5.74, 6) is -1.18. The van der Waals surface area contributed by atoms with E-state index in [-0.39, 0.29) is 23.5 Å². The van der Waals surface area contributed by atoms with Gasteiger partial charge >= 0.3 is 0 Å². The second-order valence-electron chi connectivity index (χ2n) is 11.1. The minimum atomic E-state index is -4.39. The first-order valence-corrected chi connectivity index (χ1v) is 16.8. The van der Waals surface area contributed by atoms with E-state index in [1.54, 1.807) is 12.1 Å². The number of halogens is 1. The lowest BCUT2D eigenvalue weighted by molar-refractivity contribution is -0.125. The number of ketones is 2. The Morgan fingerprint density at radius 1 is 0.800 bits per heavy atom. The summed E-state index contributed by atoms with van der Waals surface area (Å²) in [5, 5.41) is 0. The van der Waals surface area contributed by atoms with Gasteiger partial charge in [-0.3, -0.25) is 9.59 Å². The third-order valence-corrected chi connectivity index (χ3v) is 10.5. The third-order valence-electron chi connectivity index (χ3n) is 7.49. The molecule has 0 saturated carbocycles. The molecule has 0 aromatic heterocycles. The topological polar surface area (TPSA) is 94.3 Å². The van der Waals surface area contributed by atoms with Crippen LogP contribution in [-0.2, 0) is 25.8 Å². The van der Waals surface area contributed by atoms with Crippen molar-refractivity contribution in [2.24, 2.45) is 5.73 Å². The first-order valence-electron chi connectivity index (χ1n) is 15.0. The van der Waals surface area contributed by atoms with Crippen LogP contribution in [0.2, 0.25) is 0 Å². The predicted molar refractivity (Wildman–Crippen MR) is 165 cm³/mol. The number of benzene rings is 2. The zero-order valence-electron chi connectivity index (χ0n) is 24.4. The van der Waals surface area contributed by atoms with Crippen LogP contribution in [-0.4, -0.2) is 30.2 Å². The van der Waals surface area contributed by atoms with E-state index in [0.717, 1.165) is 30.4 Å². The van der Waals surface area contributed by atoms with Crippen molar-refractivity contribution in [3.8, 4) is 0 Å². The number of hydrogen-bond donors (Lipinski definition) is 1. The molecule has 2 rings (SSSR count). The Labute approximate surface area is 247 Å². The van der Waals surface area contributed by atoms with Crippen molar-refractivity contribution < 1.29 is 18.0 Å². The molecular weight excluding hydrogens is 542 g/mol. The fourth-order valence-electron chi connectivity index (χ4n) is 4.96. The molecule has 0 spiro atoms. The molecule has 2 aromatic carbocycles. The summed E-state index contributed by atoms with van der Waals surface area (Å²) in [7, 11) is -4.39. The van der Waals surface area contributed by atoms with Gasteiger partial charge in [0.05, 0.1) is 10.9 Å². The number of aryl methyl sites for hydroxylation is 1. The van der Waals surface area contributed by atoms with Gasteiger partial charge in [0.25, 0.3) is 0 Å². The summed E-state index contributed by atoms with van der Waals surface area (Å²) in [6.45, 7) is 4.07. The van der Waals surface area contributed by atoms with Crippen LogP contribution in [0.1, 0.15) is 108 Å². The van der Waals surface area contributed by atoms with Gasteiger partial charge in [0, 0.05) is 12.8 Å². The number of carbonyl (C=O) groups excluding carboxylic acids is 2. The number of carbonyl (C=O) groups is 2. The second kappa shape index (κ2) is 17.7. The first kappa shape index (κ1) is 34.2. The van der Waals surface area contributed by atoms with Crippen LogP contribution in [0.3, 0.4) is 0 Å². The quantitative estimate of drug-likeness (QED) is 0.118. The van der Waals surface area contributed by atoms with E-state index < -0.39 is 32.3 Å².